The Kier molecular flexibility index (Phi) is 3.87. The molecule has 1 atom stereocenters. The summed E-state index contributed by atoms with van der Waals surface area (Å²) >= 11 is 0. The number of oxime groups is 1. The number of amides is 2. The Bertz CT molecular complexity index is 563. The Balaban J connectivity index is 1.87. The molecule has 1 aromatic carbocycles. The van der Waals surface area contributed by atoms with Crippen molar-refractivity contribution in [1.82, 2.24) is 5.32 Å². The maximum Gasteiger partial charge on any atom is 0.319 e. The molecule has 2 amide bonds. The molecule has 0 unspecified atom stereocenters. The smallest absolute Gasteiger partial charge is 0.319 e. The highest BCUT2D eigenvalue weighted by atomic mass is 19.1. The van der Waals surface area contributed by atoms with Gasteiger partial charge in [-0.15, -0.1) is 0 Å². The first kappa shape index (κ1) is 14.2. The number of carbonyl (C=O) groups excluding carboxylic acids is 1. The standard InChI is InChI=1S/C13H15F2N3O2/c1-8-6-13(2,20-18-8)7-16-12(19)17-11-4-3-9(14)5-10(11)15/h3-5H,6-7H2,1-2H3,(H2,16,17,19)/t13-/m0/s1. The minimum atomic E-state index is -0.831. The molecule has 7 heteroatoms. The summed E-state index contributed by atoms with van der Waals surface area (Å²) in [5, 5.41) is 8.69. The van der Waals surface area contributed by atoms with Crippen LogP contribution in [0.25, 0.3) is 0 Å². The monoisotopic (exact) mass is 283 g/mol. The molecular formula is C13H15F2N3O2. The second-order valence-electron chi connectivity index (χ2n) is 4.98. The molecule has 0 bridgehead atoms. The number of nitrogens with one attached hydrogen (secondary N) is 2. The van der Waals surface area contributed by atoms with Crippen molar-refractivity contribution in [2.24, 2.45) is 5.16 Å². The number of hydrogen-bond donors (Lipinski definition) is 2. The van der Waals surface area contributed by atoms with E-state index in [9.17, 15) is 13.6 Å². The first-order valence-electron chi connectivity index (χ1n) is 6.09. The second-order valence-corrected chi connectivity index (χ2v) is 4.98. The van der Waals surface area contributed by atoms with Gasteiger partial charge in [0.2, 0.25) is 0 Å². The fraction of sp³-hybridized carbons (Fsp3) is 0.385. The summed E-state index contributed by atoms with van der Waals surface area (Å²) in [4.78, 5) is 16.9. The maximum atomic E-state index is 13.4. The molecule has 0 radical (unpaired) electrons. The molecule has 0 aromatic heterocycles. The Morgan fingerprint density at radius 1 is 1.50 bits per heavy atom. The number of anilines is 1. The largest absolute Gasteiger partial charge is 0.387 e. The van der Waals surface area contributed by atoms with Gasteiger partial charge in [0.15, 0.2) is 5.60 Å². The van der Waals surface area contributed by atoms with Crippen molar-refractivity contribution < 1.29 is 18.4 Å². The van der Waals surface area contributed by atoms with Crippen LogP contribution in [0.3, 0.4) is 0 Å². The van der Waals surface area contributed by atoms with Gasteiger partial charge >= 0.3 is 6.03 Å². The summed E-state index contributed by atoms with van der Waals surface area (Å²) in [7, 11) is 0. The van der Waals surface area contributed by atoms with Gasteiger partial charge in [0, 0.05) is 12.5 Å². The van der Waals surface area contributed by atoms with Gasteiger partial charge in [-0.3, -0.25) is 0 Å². The molecule has 0 saturated heterocycles. The fourth-order valence-electron chi connectivity index (χ4n) is 1.91. The summed E-state index contributed by atoms with van der Waals surface area (Å²) in [5.41, 5.74) is 0.163. The zero-order chi connectivity index (χ0) is 14.8. The lowest BCUT2D eigenvalue weighted by Crippen LogP contribution is -2.42. The van der Waals surface area contributed by atoms with Crippen molar-refractivity contribution in [3.8, 4) is 0 Å². The van der Waals surface area contributed by atoms with Crippen molar-refractivity contribution in [3.05, 3.63) is 29.8 Å². The van der Waals surface area contributed by atoms with Crippen molar-refractivity contribution in [1.29, 1.82) is 0 Å². The molecular weight excluding hydrogens is 268 g/mol. The van der Waals surface area contributed by atoms with Gasteiger partial charge in [0.25, 0.3) is 0 Å². The average Bonchev–Trinajstić information content (AvgIpc) is 2.71. The molecule has 20 heavy (non-hydrogen) atoms. The van der Waals surface area contributed by atoms with Crippen LogP contribution in [0.5, 0.6) is 0 Å². The number of hydrogen-bond acceptors (Lipinski definition) is 3. The van der Waals surface area contributed by atoms with Crippen LogP contribution in [-0.4, -0.2) is 23.9 Å². The minimum Gasteiger partial charge on any atom is -0.387 e. The van der Waals surface area contributed by atoms with Crippen LogP contribution >= 0.6 is 0 Å². The van der Waals surface area contributed by atoms with Gasteiger partial charge in [0.05, 0.1) is 17.9 Å². The van der Waals surface area contributed by atoms with Crippen LogP contribution in [0.2, 0.25) is 0 Å². The number of nitrogens with zero attached hydrogens (tertiary/aromatic N) is 1. The number of urea groups is 1. The third-order valence-corrected chi connectivity index (χ3v) is 2.85. The summed E-state index contributed by atoms with van der Waals surface area (Å²) in [6, 6.07) is 2.33. The normalized spacial score (nSPS) is 21.1. The van der Waals surface area contributed by atoms with E-state index in [-0.39, 0.29) is 12.2 Å². The predicted molar refractivity (Wildman–Crippen MR) is 70.6 cm³/mol. The van der Waals surface area contributed by atoms with Crippen LogP contribution in [0, 0.1) is 11.6 Å². The SMILES string of the molecule is CC1=NO[C@](C)(CNC(=O)Nc2ccc(F)cc2F)C1. The van der Waals surface area contributed by atoms with E-state index in [1.165, 1.54) is 0 Å². The highest BCUT2D eigenvalue weighted by molar-refractivity contribution is 5.89. The van der Waals surface area contributed by atoms with Crippen LogP contribution in [-0.2, 0) is 4.84 Å². The van der Waals surface area contributed by atoms with E-state index >= 15 is 0 Å². The van der Waals surface area contributed by atoms with Crippen molar-refractivity contribution in [2.75, 3.05) is 11.9 Å². The molecule has 1 aromatic rings. The number of benzene rings is 1. The highest BCUT2D eigenvalue weighted by Gasteiger charge is 2.32. The average molecular weight is 283 g/mol. The third-order valence-electron chi connectivity index (χ3n) is 2.85. The number of rotatable bonds is 3. The summed E-state index contributed by atoms with van der Waals surface area (Å²) in [5.74, 6) is -1.53. The van der Waals surface area contributed by atoms with E-state index in [0.29, 0.717) is 12.5 Å². The zero-order valence-electron chi connectivity index (χ0n) is 11.2. The molecule has 1 aliphatic rings. The van der Waals surface area contributed by atoms with Gasteiger partial charge in [0.1, 0.15) is 11.6 Å². The van der Waals surface area contributed by atoms with Crippen LogP contribution < -0.4 is 10.6 Å². The molecule has 0 fully saturated rings. The van der Waals surface area contributed by atoms with Crippen molar-refractivity contribution >= 4 is 17.4 Å². The number of halogens is 2. The van der Waals surface area contributed by atoms with Crippen molar-refractivity contribution in [3.63, 3.8) is 0 Å². The first-order chi connectivity index (χ1) is 9.38. The molecule has 0 spiro atoms. The van der Waals surface area contributed by atoms with Gasteiger partial charge in [-0.05, 0) is 26.0 Å². The summed E-state index contributed by atoms with van der Waals surface area (Å²) in [6.45, 7) is 3.87. The van der Waals surface area contributed by atoms with Gasteiger partial charge in [-0.2, -0.15) is 0 Å². The minimum absolute atomic E-state index is 0.0891. The van der Waals surface area contributed by atoms with E-state index in [4.69, 9.17) is 4.84 Å². The molecule has 1 aliphatic heterocycles. The van der Waals surface area contributed by atoms with E-state index in [1.807, 2.05) is 13.8 Å². The van der Waals surface area contributed by atoms with E-state index < -0.39 is 23.3 Å². The van der Waals surface area contributed by atoms with E-state index in [2.05, 4.69) is 15.8 Å². The fourth-order valence-corrected chi connectivity index (χ4v) is 1.91. The van der Waals surface area contributed by atoms with Crippen LogP contribution in [0.15, 0.2) is 23.4 Å². The Labute approximate surface area is 115 Å². The highest BCUT2D eigenvalue weighted by Crippen LogP contribution is 2.22. The van der Waals surface area contributed by atoms with E-state index in [0.717, 1.165) is 17.8 Å². The third kappa shape index (κ3) is 3.43. The molecule has 2 N–H and O–H groups in total. The maximum absolute atomic E-state index is 13.4. The Morgan fingerprint density at radius 2 is 2.25 bits per heavy atom. The van der Waals surface area contributed by atoms with Crippen LogP contribution in [0.4, 0.5) is 19.3 Å². The van der Waals surface area contributed by atoms with Crippen LogP contribution in [0.1, 0.15) is 20.3 Å². The molecule has 2 rings (SSSR count). The van der Waals surface area contributed by atoms with Gasteiger partial charge in [-0.25, -0.2) is 13.6 Å². The molecule has 108 valence electrons. The number of carbonyl (C=O) groups is 1. The Hall–Kier alpha value is -2.18. The molecule has 1 heterocycles. The second kappa shape index (κ2) is 5.44. The lowest BCUT2D eigenvalue weighted by molar-refractivity contribution is -0.0000965. The topological polar surface area (TPSA) is 62.7 Å². The first-order valence-corrected chi connectivity index (χ1v) is 6.09. The predicted octanol–water partition coefficient (Wildman–Crippen LogP) is 2.64. The molecule has 5 nitrogen and oxygen atoms in total. The van der Waals surface area contributed by atoms with Crippen molar-refractivity contribution in [2.45, 2.75) is 25.9 Å². The Morgan fingerprint density at radius 3 is 2.85 bits per heavy atom. The molecule has 0 saturated carbocycles. The summed E-state index contributed by atoms with van der Waals surface area (Å²) in [6.07, 6.45) is 0.609. The van der Waals surface area contributed by atoms with E-state index in [1.54, 1.807) is 0 Å². The zero-order valence-corrected chi connectivity index (χ0v) is 11.2. The summed E-state index contributed by atoms with van der Waals surface area (Å²) < 4.78 is 26.1. The van der Waals surface area contributed by atoms with Gasteiger partial charge in [-0.1, -0.05) is 5.16 Å². The quantitative estimate of drug-likeness (QED) is 0.895. The lowest BCUT2D eigenvalue weighted by atomic mass is 10.0. The molecule has 0 aliphatic carbocycles. The lowest BCUT2D eigenvalue weighted by Gasteiger charge is -2.21. The van der Waals surface area contributed by atoms with Gasteiger partial charge < -0.3 is 15.5 Å².